The van der Waals surface area contributed by atoms with Crippen molar-refractivity contribution in [3.8, 4) is 11.5 Å². The Morgan fingerprint density at radius 1 is 0.931 bits per heavy atom. The van der Waals surface area contributed by atoms with Gasteiger partial charge in [-0.05, 0) is 43.3 Å². The molecule has 0 radical (unpaired) electrons. The molecular formula is C20H19F3N2O4. The van der Waals surface area contributed by atoms with E-state index >= 15 is 0 Å². The normalized spacial score (nSPS) is 15.2. The summed E-state index contributed by atoms with van der Waals surface area (Å²) >= 11 is 0. The average molecular weight is 408 g/mol. The Morgan fingerprint density at radius 3 is 2.14 bits per heavy atom. The quantitative estimate of drug-likeness (QED) is 0.790. The number of phenolic OH excluding ortho intramolecular Hbond substituents is 1. The number of carbonyl (C=O) groups is 2. The van der Waals surface area contributed by atoms with E-state index in [9.17, 15) is 27.9 Å². The molecule has 1 aliphatic heterocycles. The topological polar surface area (TPSA) is 70.1 Å². The lowest BCUT2D eigenvalue weighted by Gasteiger charge is -2.36. The van der Waals surface area contributed by atoms with Gasteiger partial charge in [0.2, 0.25) is 0 Å². The van der Waals surface area contributed by atoms with Gasteiger partial charge in [0.05, 0.1) is 5.56 Å². The molecular weight excluding hydrogens is 389 g/mol. The van der Waals surface area contributed by atoms with Crippen LogP contribution in [0.1, 0.15) is 17.3 Å². The highest BCUT2D eigenvalue weighted by atomic mass is 19.2. The van der Waals surface area contributed by atoms with Crippen LogP contribution in [0.25, 0.3) is 0 Å². The van der Waals surface area contributed by atoms with Crippen LogP contribution in [-0.4, -0.2) is 59.0 Å². The molecule has 2 aromatic carbocycles. The van der Waals surface area contributed by atoms with E-state index in [1.807, 2.05) is 0 Å². The molecule has 154 valence electrons. The zero-order valence-electron chi connectivity index (χ0n) is 15.6. The summed E-state index contributed by atoms with van der Waals surface area (Å²) < 4.78 is 45.8. The number of amides is 2. The molecule has 1 aliphatic rings. The second-order valence-electron chi connectivity index (χ2n) is 6.59. The number of benzene rings is 2. The number of rotatable bonds is 4. The maximum atomic E-state index is 13.9. The number of hydrogen-bond acceptors (Lipinski definition) is 4. The summed E-state index contributed by atoms with van der Waals surface area (Å²) in [6.45, 7) is 2.21. The summed E-state index contributed by atoms with van der Waals surface area (Å²) in [6, 6.07) is 7.55. The molecule has 0 aliphatic carbocycles. The third-order valence-corrected chi connectivity index (χ3v) is 4.64. The number of carbonyl (C=O) groups excluding carboxylic acids is 2. The number of hydrogen-bond donors (Lipinski definition) is 1. The van der Waals surface area contributed by atoms with Gasteiger partial charge < -0.3 is 19.6 Å². The number of aromatic hydroxyl groups is 1. The molecule has 29 heavy (non-hydrogen) atoms. The number of nitrogens with zero attached hydrogens (tertiary/aromatic N) is 2. The van der Waals surface area contributed by atoms with Crippen LogP contribution < -0.4 is 4.74 Å². The van der Waals surface area contributed by atoms with E-state index in [1.54, 1.807) is 6.92 Å². The van der Waals surface area contributed by atoms with Crippen molar-refractivity contribution >= 4 is 11.8 Å². The molecule has 1 heterocycles. The monoisotopic (exact) mass is 408 g/mol. The lowest BCUT2D eigenvalue weighted by atomic mass is 10.1. The van der Waals surface area contributed by atoms with Crippen LogP contribution in [-0.2, 0) is 4.79 Å². The maximum absolute atomic E-state index is 13.9. The van der Waals surface area contributed by atoms with Crippen LogP contribution in [0.3, 0.4) is 0 Å². The van der Waals surface area contributed by atoms with Crippen LogP contribution in [0.4, 0.5) is 13.2 Å². The van der Waals surface area contributed by atoms with E-state index in [1.165, 1.54) is 34.1 Å². The van der Waals surface area contributed by atoms with Gasteiger partial charge in [-0.1, -0.05) is 0 Å². The summed E-state index contributed by atoms with van der Waals surface area (Å²) in [5.74, 6) is -5.13. The molecule has 2 aromatic rings. The number of ether oxygens (including phenoxy) is 1. The molecule has 9 heteroatoms. The Hall–Kier alpha value is -3.23. The van der Waals surface area contributed by atoms with Crippen molar-refractivity contribution in [1.82, 2.24) is 9.80 Å². The van der Waals surface area contributed by atoms with Gasteiger partial charge in [-0.2, -0.15) is 0 Å². The van der Waals surface area contributed by atoms with Crippen LogP contribution in [0.5, 0.6) is 11.5 Å². The minimum absolute atomic E-state index is 0.0783. The summed E-state index contributed by atoms with van der Waals surface area (Å²) in [6.07, 6.45) is -0.787. The van der Waals surface area contributed by atoms with Crippen molar-refractivity contribution in [1.29, 1.82) is 0 Å². The van der Waals surface area contributed by atoms with Gasteiger partial charge >= 0.3 is 0 Å². The van der Waals surface area contributed by atoms with E-state index < -0.39 is 35.0 Å². The number of halogens is 3. The van der Waals surface area contributed by atoms with Gasteiger partial charge in [0, 0.05) is 26.2 Å². The van der Waals surface area contributed by atoms with Gasteiger partial charge in [0.25, 0.3) is 11.8 Å². The summed E-state index contributed by atoms with van der Waals surface area (Å²) in [5, 5.41) is 9.28. The van der Waals surface area contributed by atoms with Gasteiger partial charge in [0.15, 0.2) is 23.6 Å². The van der Waals surface area contributed by atoms with Gasteiger partial charge in [-0.25, -0.2) is 13.2 Å². The van der Waals surface area contributed by atoms with Crippen molar-refractivity contribution in [2.45, 2.75) is 13.0 Å². The number of piperazine rings is 1. The highest BCUT2D eigenvalue weighted by molar-refractivity contribution is 5.94. The fourth-order valence-corrected chi connectivity index (χ4v) is 3.03. The average Bonchev–Trinajstić information content (AvgIpc) is 2.73. The van der Waals surface area contributed by atoms with Crippen LogP contribution in [0, 0.1) is 17.5 Å². The summed E-state index contributed by atoms with van der Waals surface area (Å²) in [7, 11) is 0. The fraction of sp³-hybridized carbons (Fsp3) is 0.300. The molecule has 1 N–H and O–H groups in total. The van der Waals surface area contributed by atoms with Crippen molar-refractivity contribution < 1.29 is 32.6 Å². The van der Waals surface area contributed by atoms with Gasteiger partial charge in [0.1, 0.15) is 11.5 Å². The molecule has 0 aromatic heterocycles. The molecule has 0 spiro atoms. The predicted molar refractivity (Wildman–Crippen MR) is 97.0 cm³/mol. The van der Waals surface area contributed by atoms with Crippen LogP contribution in [0.15, 0.2) is 36.4 Å². The predicted octanol–water partition coefficient (Wildman–Crippen LogP) is 2.56. The van der Waals surface area contributed by atoms with E-state index in [0.29, 0.717) is 11.8 Å². The molecule has 3 rings (SSSR count). The van der Waals surface area contributed by atoms with E-state index in [-0.39, 0.29) is 37.8 Å². The molecule has 1 fully saturated rings. The first-order chi connectivity index (χ1) is 13.8. The highest BCUT2D eigenvalue weighted by Gasteiger charge is 2.30. The Morgan fingerprint density at radius 2 is 1.52 bits per heavy atom. The van der Waals surface area contributed by atoms with Crippen LogP contribution >= 0.6 is 0 Å². The Kier molecular flexibility index (Phi) is 5.95. The van der Waals surface area contributed by atoms with Crippen LogP contribution in [0.2, 0.25) is 0 Å². The lowest BCUT2D eigenvalue weighted by Crippen LogP contribution is -2.53. The minimum Gasteiger partial charge on any atom is -0.508 e. The highest BCUT2D eigenvalue weighted by Crippen LogP contribution is 2.20. The molecule has 6 nitrogen and oxygen atoms in total. The zero-order chi connectivity index (χ0) is 21.1. The first-order valence-electron chi connectivity index (χ1n) is 8.95. The standard InChI is InChI=1S/C20H19F3N2O4/c1-12(29-14-4-2-13(26)3-5-14)19(27)24-8-10-25(11-9-24)20(28)15-6-7-16(21)18(23)17(15)22/h2-7,12,26H,8-11H2,1H3. The Labute approximate surface area is 165 Å². The third kappa shape index (κ3) is 4.44. The van der Waals surface area contributed by atoms with E-state index in [0.717, 1.165) is 6.07 Å². The largest absolute Gasteiger partial charge is 0.508 e. The SMILES string of the molecule is CC(Oc1ccc(O)cc1)C(=O)N1CCN(C(=O)c2ccc(F)c(F)c2F)CC1. The Balaban J connectivity index is 1.58. The maximum Gasteiger partial charge on any atom is 0.263 e. The molecule has 1 atom stereocenters. The molecule has 0 bridgehead atoms. The van der Waals surface area contributed by atoms with Gasteiger partial charge in [-0.15, -0.1) is 0 Å². The van der Waals surface area contributed by atoms with Gasteiger partial charge in [-0.3, -0.25) is 9.59 Å². The first-order valence-corrected chi connectivity index (χ1v) is 8.95. The fourth-order valence-electron chi connectivity index (χ4n) is 3.03. The van der Waals surface area contributed by atoms with Crippen molar-refractivity contribution in [3.05, 3.63) is 59.4 Å². The minimum atomic E-state index is -1.69. The van der Waals surface area contributed by atoms with Crippen molar-refractivity contribution in [3.63, 3.8) is 0 Å². The Bertz CT molecular complexity index is 913. The molecule has 1 unspecified atom stereocenters. The van der Waals surface area contributed by atoms with Crippen molar-refractivity contribution in [2.24, 2.45) is 0 Å². The first kappa shape index (κ1) is 20.5. The third-order valence-electron chi connectivity index (χ3n) is 4.64. The second kappa shape index (κ2) is 8.42. The van der Waals surface area contributed by atoms with E-state index in [4.69, 9.17) is 4.74 Å². The molecule has 2 amide bonds. The van der Waals surface area contributed by atoms with Crippen molar-refractivity contribution in [2.75, 3.05) is 26.2 Å². The zero-order valence-corrected chi connectivity index (χ0v) is 15.6. The summed E-state index contributed by atoms with van der Waals surface area (Å²) in [5.41, 5.74) is -0.548. The van der Waals surface area contributed by atoms with E-state index in [2.05, 4.69) is 0 Å². The smallest absolute Gasteiger partial charge is 0.263 e. The lowest BCUT2D eigenvalue weighted by molar-refractivity contribution is -0.139. The molecule has 1 saturated heterocycles. The summed E-state index contributed by atoms with van der Waals surface area (Å²) in [4.78, 5) is 27.8. The molecule has 0 saturated carbocycles. The number of phenols is 1. The second-order valence-corrected chi connectivity index (χ2v) is 6.59.